The van der Waals surface area contributed by atoms with Crippen molar-refractivity contribution in [3.63, 3.8) is 0 Å². The predicted octanol–water partition coefficient (Wildman–Crippen LogP) is 6.61. The largest absolute Gasteiger partial charge is 0.458 e. The number of carbonyl (C=O) groups excluding carboxylic acids is 2. The zero-order chi connectivity index (χ0) is 22.7. The number of ketones is 1. The topological polar surface area (TPSA) is 43.4 Å². The Labute approximate surface area is 192 Å². The summed E-state index contributed by atoms with van der Waals surface area (Å²) in [5.74, 6) is 2.00. The van der Waals surface area contributed by atoms with Crippen molar-refractivity contribution in [2.24, 2.45) is 28.6 Å². The van der Waals surface area contributed by atoms with Gasteiger partial charge in [0.2, 0.25) is 0 Å². The number of Topliss-reactive ketones (excluding diaryl/α,β-unsaturated/α-hetero) is 1. The van der Waals surface area contributed by atoms with E-state index in [1.807, 2.05) is 31.2 Å². The first-order valence-corrected chi connectivity index (χ1v) is 12.4. The molecule has 32 heavy (non-hydrogen) atoms. The first-order valence-electron chi connectivity index (χ1n) is 12.4. The van der Waals surface area contributed by atoms with Crippen LogP contribution in [0.25, 0.3) is 0 Å². The lowest BCUT2D eigenvalue weighted by Crippen LogP contribution is -2.50. The van der Waals surface area contributed by atoms with E-state index >= 15 is 0 Å². The van der Waals surface area contributed by atoms with Crippen LogP contribution in [0.4, 0.5) is 0 Å². The van der Waals surface area contributed by atoms with Gasteiger partial charge in [0.05, 0.1) is 5.56 Å². The summed E-state index contributed by atoms with van der Waals surface area (Å²) >= 11 is 0. The number of rotatable bonds is 3. The summed E-state index contributed by atoms with van der Waals surface area (Å²) in [6, 6.07) is 7.68. The summed E-state index contributed by atoms with van der Waals surface area (Å²) in [7, 11) is 0. The zero-order valence-electron chi connectivity index (χ0n) is 19.9. The second kappa shape index (κ2) is 7.71. The maximum atomic E-state index is 12.8. The highest BCUT2D eigenvalue weighted by molar-refractivity contribution is 5.95. The summed E-state index contributed by atoms with van der Waals surface area (Å²) in [4.78, 5) is 25.1. The molecule has 2 saturated carbocycles. The van der Waals surface area contributed by atoms with Gasteiger partial charge in [0.15, 0.2) is 5.78 Å². The van der Waals surface area contributed by atoms with Gasteiger partial charge in [0.25, 0.3) is 0 Å². The quantitative estimate of drug-likeness (QED) is 0.399. The van der Waals surface area contributed by atoms with Crippen molar-refractivity contribution in [3.8, 4) is 0 Å². The van der Waals surface area contributed by atoms with Crippen molar-refractivity contribution in [1.82, 2.24) is 0 Å². The lowest BCUT2D eigenvalue weighted by Gasteiger charge is -2.57. The van der Waals surface area contributed by atoms with Crippen molar-refractivity contribution in [2.75, 3.05) is 0 Å². The molecule has 5 rings (SSSR count). The van der Waals surface area contributed by atoms with Crippen LogP contribution in [-0.4, -0.2) is 17.9 Å². The SMILES string of the molecule is CC(=O)C1=CC[C@H]2[C@@H]3CC=C4C[C@@H](OC(=O)c5ccccc5C)CC[C@]4(C)[C@H]3CC[C@]12C. The van der Waals surface area contributed by atoms with E-state index in [0.717, 1.165) is 49.7 Å². The Bertz CT molecular complexity index is 1020. The molecule has 0 aliphatic heterocycles. The maximum absolute atomic E-state index is 12.8. The van der Waals surface area contributed by atoms with Crippen molar-refractivity contribution in [2.45, 2.75) is 78.7 Å². The molecule has 4 aliphatic carbocycles. The summed E-state index contributed by atoms with van der Waals surface area (Å²) in [6.07, 6.45) is 12.1. The monoisotopic (exact) mass is 432 g/mol. The van der Waals surface area contributed by atoms with Crippen LogP contribution < -0.4 is 0 Å². The maximum Gasteiger partial charge on any atom is 0.338 e. The minimum absolute atomic E-state index is 0.0238. The summed E-state index contributed by atoms with van der Waals surface area (Å²) in [6.45, 7) is 8.51. The van der Waals surface area contributed by atoms with Crippen molar-refractivity contribution >= 4 is 11.8 Å². The Morgan fingerprint density at radius 3 is 2.47 bits per heavy atom. The molecule has 0 radical (unpaired) electrons. The fourth-order valence-electron chi connectivity index (χ4n) is 7.86. The number of esters is 1. The highest BCUT2D eigenvalue weighted by Crippen LogP contribution is 2.65. The number of benzene rings is 1. The Balaban J connectivity index is 1.33. The Morgan fingerprint density at radius 2 is 1.72 bits per heavy atom. The number of ether oxygens (including phenoxy) is 1. The molecule has 4 aliphatic rings. The molecule has 1 aromatic rings. The molecule has 0 spiro atoms. The van der Waals surface area contributed by atoms with Gasteiger partial charge >= 0.3 is 5.97 Å². The van der Waals surface area contributed by atoms with Gasteiger partial charge in [0, 0.05) is 6.42 Å². The van der Waals surface area contributed by atoms with Gasteiger partial charge in [-0.1, -0.05) is 49.8 Å². The van der Waals surface area contributed by atoms with Crippen LogP contribution in [-0.2, 0) is 9.53 Å². The van der Waals surface area contributed by atoms with E-state index < -0.39 is 0 Å². The number of hydrogen-bond donors (Lipinski definition) is 0. The molecule has 0 aromatic heterocycles. The van der Waals surface area contributed by atoms with E-state index in [9.17, 15) is 9.59 Å². The molecular formula is C29H36O3. The molecule has 0 bridgehead atoms. The van der Waals surface area contributed by atoms with Gasteiger partial charge in [0.1, 0.15) is 6.10 Å². The number of aryl methyl sites for hydroxylation is 1. The Hall–Kier alpha value is -2.16. The van der Waals surface area contributed by atoms with Crippen LogP contribution in [0, 0.1) is 35.5 Å². The third kappa shape index (κ3) is 3.23. The van der Waals surface area contributed by atoms with Crippen molar-refractivity contribution in [1.29, 1.82) is 0 Å². The van der Waals surface area contributed by atoms with Gasteiger partial charge in [-0.15, -0.1) is 0 Å². The molecule has 3 heteroatoms. The average Bonchev–Trinajstić information content (AvgIpc) is 3.12. The van der Waals surface area contributed by atoms with E-state index in [1.165, 1.54) is 12.0 Å². The molecule has 1 aromatic carbocycles. The molecule has 3 nitrogen and oxygen atoms in total. The fraction of sp³-hybridized carbons (Fsp3) is 0.586. The minimum atomic E-state index is -0.187. The van der Waals surface area contributed by atoms with Crippen molar-refractivity contribution < 1.29 is 14.3 Å². The van der Waals surface area contributed by atoms with Gasteiger partial charge < -0.3 is 4.74 Å². The van der Waals surface area contributed by atoms with Crippen LogP contribution >= 0.6 is 0 Å². The Morgan fingerprint density at radius 1 is 0.969 bits per heavy atom. The predicted molar refractivity (Wildman–Crippen MR) is 126 cm³/mol. The second-order valence-corrected chi connectivity index (χ2v) is 11.2. The minimum Gasteiger partial charge on any atom is -0.458 e. The third-order valence-electron chi connectivity index (χ3n) is 9.66. The normalized spacial score (nSPS) is 38.0. The fourth-order valence-corrected chi connectivity index (χ4v) is 7.86. The molecule has 0 unspecified atom stereocenters. The van der Waals surface area contributed by atoms with Crippen LogP contribution in [0.3, 0.4) is 0 Å². The van der Waals surface area contributed by atoms with Gasteiger partial charge in [-0.25, -0.2) is 4.79 Å². The molecule has 2 fully saturated rings. The van der Waals surface area contributed by atoms with Gasteiger partial charge in [-0.3, -0.25) is 4.79 Å². The van der Waals surface area contributed by atoms with Crippen LogP contribution in [0.2, 0.25) is 0 Å². The summed E-state index contributed by atoms with van der Waals surface area (Å²) in [5.41, 5.74) is 4.52. The zero-order valence-corrected chi connectivity index (χ0v) is 19.9. The average molecular weight is 433 g/mol. The molecule has 0 N–H and O–H groups in total. The Kier molecular flexibility index (Phi) is 5.22. The van der Waals surface area contributed by atoms with E-state index in [4.69, 9.17) is 4.74 Å². The van der Waals surface area contributed by atoms with Gasteiger partial charge in [-0.2, -0.15) is 0 Å². The van der Waals surface area contributed by atoms with Crippen LogP contribution in [0.5, 0.6) is 0 Å². The summed E-state index contributed by atoms with van der Waals surface area (Å²) in [5, 5.41) is 0. The lowest BCUT2D eigenvalue weighted by molar-refractivity contribution is -0.115. The highest BCUT2D eigenvalue weighted by atomic mass is 16.5. The van der Waals surface area contributed by atoms with E-state index in [0.29, 0.717) is 23.3 Å². The smallest absolute Gasteiger partial charge is 0.338 e. The van der Waals surface area contributed by atoms with E-state index in [-0.39, 0.29) is 28.7 Å². The number of allylic oxidation sites excluding steroid dienone is 3. The molecule has 170 valence electrons. The number of carbonyl (C=O) groups is 2. The van der Waals surface area contributed by atoms with Gasteiger partial charge in [-0.05, 0) is 98.2 Å². The highest BCUT2D eigenvalue weighted by Gasteiger charge is 2.57. The van der Waals surface area contributed by atoms with E-state index in [1.54, 1.807) is 6.92 Å². The van der Waals surface area contributed by atoms with Crippen LogP contribution in [0.15, 0.2) is 47.6 Å². The summed E-state index contributed by atoms with van der Waals surface area (Å²) < 4.78 is 5.99. The lowest BCUT2D eigenvalue weighted by atomic mass is 9.47. The second-order valence-electron chi connectivity index (χ2n) is 11.2. The standard InChI is InChI=1S/C29H36O3/c1-18-7-5-6-8-22(18)27(31)32-21-13-15-28(3)20(17-21)9-10-23-25-12-11-24(19(2)30)29(25,4)16-14-26(23)28/h5-9,11,21,23,25-26H,10,12-17H2,1-4H3/t21-,23-,25-,26-,28-,29+/m0/s1. The number of hydrogen-bond acceptors (Lipinski definition) is 3. The first kappa shape index (κ1) is 21.7. The molecule has 0 saturated heterocycles. The molecule has 6 atom stereocenters. The molecule has 0 heterocycles. The van der Waals surface area contributed by atoms with Crippen LogP contribution in [0.1, 0.15) is 81.6 Å². The van der Waals surface area contributed by atoms with E-state index in [2.05, 4.69) is 26.0 Å². The number of fused-ring (bicyclic) bond motifs is 5. The third-order valence-corrected chi connectivity index (χ3v) is 9.66. The first-order chi connectivity index (χ1) is 15.2. The molecule has 0 amide bonds. The van der Waals surface area contributed by atoms with Crippen molar-refractivity contribution in [3.05, 3.63) is 58.7 Å². The molecular weight excluding hydrogens is 396 g/mol.